The van der Waals surface area contributed by atoms with Crippen molar-refractivity contribution in [1.29, 1.82) is 0 Å². The summed E-state index contributed by atoms with van der Waals surface area (Å²) in [7, 11) is 0. The molecule has 0 saturated carbocycles. The average molecular weight is 381 g/mol. The standard InChI is InChI=1S/C23H29N3O2/c1-18-8-6-7-11-22(18)26-14-12-25(13-15-26)17-23(28)24-21(19(2)27)16-20-9-4-3-5-10-20/h3-11,21H,12-17H2,1-2H3,(H,24,28)/p+1/t21-/m0/s1. The van der Waals surface area contributed by atoms with E-state index in [1.54, 1.807) is 6.92 Å². The number of amides is 1. The lowest BCUT2D eigenvalue weighted by atomic mass is 10.0. The zero-order chi connectivity index (χ0) is 19.9. The van der Waals surface area contributed by atoms with Gasteiger partial charge in [0.05, 0.1) is 32.2 Å². The minimum Gasteiger partial charge on any atom is -0.360 e. The summed E-state index contributed by atoms with van der Waals surface area (Å²) in [5.41, 5.74) is 3.63. The number of Topliss-reactive ketones (excluding diaryl/α,β-unsaturated/α-hetero) is 1. The van der Waals surface area contributed by atoms with Crippen LogP contribution in [0.1, 0.15) is 18.1 Å². The van der Waals surface area contributed by atoms with Gasteiger partial charge in [-0.2, -0.15) is 0 Å². The number of rotatable bonds is 7. The van der Waals surface area contributed by atoms with Crippen molar-refractivity contribution in [2.75, 3.05) is 37.6 Å². The van der Waals surface area contributed by atoms with E-state index in [1.807, 2.05) is 30.3 Å². The first-order chi connectivity index (χ1) is 13.5. The number of anilines is 1. The lowest BCUT2D eigenvalue weighted by Crippen LogP contribution is -3.16. The number of benzene rings is 2. The lowest BCUT2D eigenvalue weighted by Gasteiger charge is -2.34. The fourth-order valence-corrected chi connectivity index (χ4v) is 3.78. The number of nitrogens with zero attached hydrogens (tertiary/aromatic N) is 1. The van der Waals surface area contributed by atoms with Crippen molar-refractivity contribution >= 4 is 17.4 Å². The van der Waals surface area contributed by atoms with Crippen LogP contribution in [-0.2, 0) is 16.0 Å². The fraction of sp³-hybridized carbons (Fsp3) is 0.391. The van der Waals surface area contributed by atoms with E-state index in [9.17, 15) is 9.59 Å². The number of hydrogen-bond acceptors (Lipinski definition) is 3. The van der Waals surface area contributed by atoms with Crippen LogP contribution in [0, 0.1) is 6.92 Å². The summed E-state index contributed by atoms with van der Waals surface area (Å²) >= 11 is 0. The SMILES string of the molecule is CC(=O)[C@H](Cc1ccccc1)NC(=O)C[NH+]1CCN(c2ccccc2C)CC1. The van der Waals surface area contributed by atoms with Crippen LogP contribution in [-0.4, -0.2) is 50.5 Å². The van der Waals surface area contributed by atoms with Gasteiger partial charge in [0, 0.05) is 5.69 Å². The summed E-state index contributed by atoms with van der Waals surface area (Å²) in [5, 5.41) is 2.94. The monoisotopic (exact) mass is 380 g/mol. The van der Waals surface area contributed by atoms with Crippen LogP contribution < -0.4 is 15.1 Å². The first-order valence-electron chi connectivity index (χ1n) is 10.0. The van der Waals surface area contributed by atoms with Gasteiger partial charge in [-0.1, -0.05) is 48.5 Å². The minimum absolute atomic E-state index is 0.00317. The van der Waals surface area contributed by atoms with Crippen LogP contribution in [0.4, 0.5) is 5.69 Å². The maximum absolute atomic E-state index is 12.5. The predicted octanol–water partition coefficient (Wildman–Crippen LogP) is 1.02. The summed E-state index contributed by atoms with van der Waals surface area (Å²) in [4.78, 5) is 28.2. The maximum Gasteiger partial charge on any atom is 0.275 e. The number of piperazine rings is 1. The molecule has 1 aliphatic heterocycles. The van der Waals surface area contributed by atoms with Gasteiger partial charge >= 0.3 is 0 Å². The molecule has 2 N–H and O–H groups in total. The van der Waals surface area contributed by atoms with Crippen LogP contribution in [0.5, 0.6) is 0 Å². The van der Waals surface area contributed by atoms with Crippen molar-refractivity contribution in [3.63, 3.8) is 0 Å². The van der Waals surface area contributed by atoms with Crippen molar-refractivity contribution in [2.45, 2.75) is 26.3 Å². The van der Waals surface area contributed by atoms with Gasteiger partial charge in [0.15, 0.2) is 12.3 Å². The second-order valence-electron chi connectivity index (χ2n) is 7.62. The number of carbonyl (C=O) groups excluding carboxylic acids is 2. The van der Waals surface area contributed by atoms with Crippen LogP contribution in [0.2, 0.25) is 0 Å². The molecule has 1 saturated heterocycles. The second kappa shape index (κ2) is 9.51. The second-order valence-corrected chi connectivity index (χ2v) is 7.62. The Hall–Kier alpha value is -2.66. The molecule has 0 bridgehead atoms. The molecule has 5 heteroatoms. The van der Waals surface area contributed by atoms with Crippen LogP contribution in [0.3, 0.4) is 0 Å². The molecule has 2 aromatic rings. The molecule has 1 fully saturated rings. The third kappa shape index (κ3) is 5.42. The summed E-state index contributed by atoms with van der Waals surface area (Å²) in [6, 6.07) is 17.8. The van der Waals surface area contributed by atoms with Gasteiger partial charge in [-0.25, -0.2) is 0 Å². The van der Waals surface area contributed by atoms with E-state index in [0.717, 1.165) is 31.7 Å². The molecular weight excluding hydrogens is 350 g/mol. The maximum atomic E-state index is 12.5. The first kappa shape index (κ1) is 20.1. The molecule has 0 unspecified atom stereocenters. The molecule has 2 aromatic carbocycles. The Morgan fingerprint density at radius 1 is 1.04 bits per heavy atom. The van der Waals surface area contributed by atoms with Crippen molar-refractivity contribution in [3.05, 3.63) is 65.7 Å². The van der Waals surface area contributed by atoms with Gasteiger partial charge in [0.25, 0.3) is 5.91 Å². The quantitative estimate of drug-likeness (QED) is 0.754. The molecule has 1 amide bonds. The number of nitrogens with one attached hydrogen (secondary N) is 2. The topological polar surface area (TPSA) is 53.9 Å². The normalized spacial score (nSPS) is 15.9. The number of aryl methyl sites for hydroxylation is 1. The molecule has 1 heterocycles. The van der Waals surface area contributed by atoms with E-state index in [-0.39, 0.29) is 11.7 Å². The molecule has 1 atom stereocenters. The molecule has 1 aliphatic rings. The summed E-state index contributed by atoms with van der Waals surface area (Å²) in [5.74, 6) is -0.0490. The highest BCUT2D eigenvalue weighted by Gasteiger charge is 2.25. The number of ketones is 1. The first-order valence-corrected chi connectivity index (χ1v) is 10.0. The van der Waals surface area contributed by atoms with E-state index >= 15 is 0 Å². The van der Waals surface area contributed by atoms with Crippen molar-refractivity contribution < 1.29 is 14.5 Å². The summed E-state index contributed by atoms with van der Waals surface area (Å²) < 4.78 is 0. The molecule has 0 radical (unpaired) electrons. The van der Waals surface area contributed by atoms with Crippen LogP contribution in [0.15, 0.2) is 54.6 Å². The molecule has 0 aliphatic carbocycles. The Morgan fingerprint density at radius 3 is 2.32 bits per heavy atom. The zero-order valence-electron chi connectivity index (χ0n) is 16.8. The number of hydrogen-bond donors (Lipinski definition) is 2. The summed E-state index contributed by atoms with van der Waals surface area (Å²) in [6.45, 7) is 7.82. The van der Waals surface area contributed by atoms with Gasteiger partial charge in [-0.05, 0) is 37.5 Å². The van der Waals surface area contributed by atoms with Crippen LogP contribution in [0.25, 0.3) is 0 Å². The third-order valence-electron chi connectivity index (χ3n) is 5.45. The summed E-state index contributed by atoms with van der Waals surface area (Å²) in [6.07, 6.45) is 0.540. The van der Waals surface area contributed by atoms with Gasteiger partial charge in [0.1, 0.15) is 0 Å². The Kier molecular flexibility index (Phi) is 6.82. The van der Waals surface area contributed by atoms with Gasteiger partial charge < -0.3 is 15.1 Å². The molecule has 148 valence electrons. The molecule has 0 aromatic heterocycles. The molecule has 0 spiro atoms. The Balaban J connectivity index is 1.49. The van der Waals surface area contributed by atoms with E-state index in [2.05, 4.69) is 41.4 Å². The van der Waals surface area contributed by atoms with Crippen molar-refractivity contribution in [3.8, 4) is 0 Å². The largest absolute Gasteiger partial charge is 0.360 e. The fourth-order valence-electron chi connectivity index (χ4n) is 3.78. The number of para-hydroxylation sites is 1. The molecule has 5 nitrogen and oxygen atoms in total. The Labute approximate surface area is 167 Å². The molecule has 28 heavy (non-hydrogen) atoms. The minimum atomic E-state index is -0.456. The van der Waals surface area contributed by atoms with E-state index in [1.165, 1.54) is 16.2 Å². The van der Waals surface area contributed by atoms with Crippen molar-refractivity contribution in [1.82, 2.24) is 5.32 Å². The Bertz CT molecular complexity index is 799. The average Bonchev–Trinajstić information content (AvgIpc) is 2.69. The zero-order valence-corrected chi connectivity index (χ0v) is 16.8. The van der Waals surface area contributed by atoms with E-state index in [0.29, 0.717) is 13.0 Å². The number of quaternary nitrogens is 1. The Morgan fingerprint density at radius 2 is 1.68 bits per heavy atom. The predicted molar refractivity (Wildman–Crippen MR) is 112 cm³/mol. The van der Waals surface area contributed by atoms with Gasteiger partial charge in [0.2, 0.25) is 0 Å². The van der Waals surface area contributed by atoms with Crippen LogP contribution >= 0.6 is 0 Å². The third-order valence-corrected chi connectivity index (χ3v) is 5.45. The highest BCUT2D eigenvalue weighted by molar-refractivity contribution is 5.88. The van der Waals surface area contributed by atoms with E-state index in [4.69, 9.17) is 0 Å². The molecular formula is C23H30N3O2+. The van der Waals surface area contributed by atoms with Crippen molar-refractivity contribution in [2.24, 2.45) is 0 Å². The lowest BCUT2D eigenvalue weighted by molar-refractivity contribution is -0.892. The number of carbonyl (C=O) groups is 2. The highest BCUT2D eigenvalue weighted by atomic mass is 16.2. The highest BCUT2D eigenvalue weighted by Crippen LogP contribution is 2.18. The van der Waals surface area contributed by atoms with E-state index < -0.39 is 6.04 Å². The van der Waals surface area contributed by atoms with Gasteiger partial charge in [-0.3, -0.25) is 9.59 Å². The molecule has 3 rings (SSSR count). The smallest absolute Gasteiger partial charge is 0.275 e. The van der Waals surface area contributed by atoms with Gasteiger partial charge in [-0.15, -0.1) is 0 Å².